The molecule has 20 heavy (non-hydrogen) atoms. The summed E-state index contributed by atoms with van der Waals surface area (Å²) in [5.41, 5.74) is 1.21. The molecular formula is C16H20BrNO2. The molecule has 0 spiro atoms. The molecule has 0 aliphatic rings. The standard InChI is InChI=1S/C16H20BrNO2/c1-4-13-6-7-14(20-13)10-18-11(2)12-5-8-16(19-3)15(17)9-12/h5-9,11,18H,4,10H2,1-3H3. The molecule has 1 aromatic heterocycles. The molecule has 0 fully saturated rings. The number of aryl methyl sites for hydroxylation is 1. The largest absolute Gasteiger partial charge is 0.496 e. The summed E-state index contributed by atoms with van der Waals surface area (Å²) in [7, 11) is 1.67. The molecule has 0 radical (unpaired) electrons. The summed E-state index contributed by atoms with van der Waals surface area (Å²) in [4.78, 5) is 0. The van der Waals surface area contributed by atoms with E-state index in [4.69, 9.17) is 9.15 Å². The van der Waals surface area contributed by atoms with Crippen molar-refractivity contribution in [1.29, 1.82) is 0 Å². The van der Waals surface area contributed by atoms with Crippen molar-refractivity contribution in [2.75, 3.05) is 7.11 Å². The second-order valence-corrected chi connectivity index (χ2v) is 5.57. The molecule has 1 atom stereocenters. The Morgan fingerprint density at radius 3 is 2.60 bits per heavy atom. The van der Waals surface area contributed by atoms with Gasteiger partial charge in [-0.2, -0.15) is 0 Å². The van der Waals surface area contributed by atoms with Gasteiger partial charge in [-0.15, -0.1) is 0 Å². The van der Waals surface area contributed by atoms with Crippen molar-refractivity contribution in [2.45, 2.75) is 32.9 Å². The van der Waals surface area contributed by atoms with Crippen LogP contribution < -0.4 is 10.1 Å². The zero-order valence-corrected chi connectivity index (χ0v) is 13.7. The van der Waals surface area contributed by atoms with Gasteiger partial charge in [-0.25, -0.2) is 0 Å². The summed E-state index contributed by atoms with van der Waals surface area (Å²) in [6.07, 6.45) is 0.932. The normalized spacial score (nSPS) is 12.4. The lowest BCUT2D eigenvalue weighted by Crippen LogP contribution is -2.17. The van der Waals surface area contributed by atoms with E-state index >= 15 is 0 Å². The van der Waals surface area contributed by atoms with E-state index in [0.29, 0.717) is 0 Å². The predicted molar refractivity (Wildman–Crippen MR) is 84.0 cm³/mol. The van der Waals surface area contributed by atoms with E-state index < -0.39 is 0 Å². The van der Waals surface area contributed by atoms with Crippen LogP contribution in [0.2, 0.25) is 0 Å². The molecule has 0 bridgehead atoms. The Morgan fingerprint density at radius 2 is 2.00 bits per heavy atom. The SMILES string of the molecule is CCc1ccc(CNC(C)c2ccc(OC)c(Br)c2)o1. The van der Waals surface area contributed by atoms with Gasteiger partial charge in [0.25, 0.3) is 0 Å². The van der Waals surface area contributed by atoms with E-state index in [0.717, 1.165) is 34.7 Å². The van der Waals surface area contributed by atoms with Gasteiger partial charge in [0.2, 0.25) is 0 Å². The van der Waals surface area contributed by atoms with Crippen LogP contribution >= 0.6 is 15.9 Å². The molecule has 1 unspecified atom stereocenters. The highest BCUT2D eigenvalue weighted by Gasteiger charge is 2.09. The molecule has 0 saturated carbocycles. The van der Waals surface area contributed by atoms with E-state index in [1.54, 1.807) is 7.11 Å². The average Bonchev–Trinajstić information content (AvgIpc) is 2.92. The molecule has 2 aromatic rings. The molecule has 0 amide bonds. The van der Waals surface area contributed by atoms with Gasteiger partial charge in [-0.3, -0.25) is 0 Å². The van der Waals surface area contributed by atoms with E-state index in [2.05, 4.69) is 47.2 Å². The summed E-state index contributed by atoms with van der Waals surface area (Å²) in [5.74, 6) is 2.85. The van der Waals surface area contributed by atoms with Gasteiger partial charge >= 0.3 is 0 Å². The third-order valence-corrected chi connectivity index (χ3v) is 3.94. The fraction of sp³-hybridized carbons (Fsp3) is 0.375. The molecular weight excluding hydrogens is 318 g/mol. The quantitative estimate of drug-likeness (QED) is 0.844. The van der Waals surface area contributed by atoms with Crippen molar-refractivity contribution < 1.29 is 9.15 Å². The first-order valence-electron chi connectivity index (χ1n) is 6.78. The second-order valence-electron chi connectivity index (χ2n) is 4.72. The van der Waals surface area contributed by atoms with Gasteiger partial charge in [-0.05, 0) is 52.7 Å². The average molecular weight is 338 g/mol. The molecule has 1 N–H and O–H groups in total. The van der Waals surface area contributed by atoms with Crippen LogP contribution in [0.4, 0.5) is 0 Å². The Bertz CT molecular complexity index is 565. The smallest absolute Gasteiger partial charge is 0.133 e. The maximum atomic E-state index is 5.69. The lowest BCUT2D eigenvalue weighted by Gasteiger charge is -2.14. The number of hydrogen-bond donors (Lipinski definition) is 1. The Hall–Kier alpha value is -1.26. The maximum Gasteiger partial charge on any atom is 0.133 e. The fourth-order valence-corrected chi connectivity index (χ4v) is 2.59. The van der Waals surface area contributed by atoms with E-state index in [9.17, 15) is 0 Å². The second kappa shape index (κ2) is 6.95. The van der Waals surface area contributed by atoms with Crippen LogP contribution in [0.1, 0.15) is 37.0 Å². The van der Waals surface area contributed by atoms with Crippen molar-refractivity contribution >= 4 is 15.9 Å². The maximum absolute atomic E-state index is 5.69. The molecule has 0 saturated heterocycles. The highest BCUT2D eigenvalue weighted by atomic mass is 79.9. The van der Waals surface area contributed by atoms with Crippen molar-refractivity contribution in [3.63, 3.8) is 0 Å². The minimum atomic E-state index is 0.243. The summed E-state index contributed by atoms with van der Waals surface area (Å²) < 4.78 is 11.9. The van der Waals surface area contributed by atoms with Crippen LogP contribution in [0.25, 0.3) is 0 Å². The van der Waals surface area contributed by atoms with Crippen LogP contribution in [0, 0.1) is 0 Å². The minimum absolute atomic E-state index is 0.243. The van der Waals surface area contributed by atoms with E-state index in [-0.39, 0.29) is 6.04 Å². The van der Waals surface area contributed by atoms with Crippen LogP contribution in [0.5, 0.6) is 5.75 Å². The van der Waals surface area contributed by atoms with E-state index in [1.807, 2.05) is 18.2 Å². The molecule has 1 aromatic carbocycles. The van der Waals surface area contributed by atoms with Gasteiger partial charge in [0, 0.05) is 12.5 Å². The summed E-state index contributed by atoms with van der Waals surface area (Å²) in [6, 6.07) is 10.4. The van der Waals surface area contributed by atoms with Gasteiger partial charge in [0.1, 0.15) is 17.3 Å². The molecule has 0 aliphatic carbocycles. The summed E-state index contributed by atoms with van der Waals surface area (Å²) in [6.45, 7) is 4.95. The number of ether oxygens (including phenoxy) is 1. The van der Waals surface area contributed by atoms with Crippen molar-refractivity contribution in [3.05, 3.63) is 51.9 Å². The molecule has 3 nitrogen and oxygen atoms in total. The molecule has 2 rings (SSSR count). The number of rotatable bonds is 6. The van der Waals surface area contributed by atoms with E-state index in [1.165, 1.54) is 5.56 Å². The van der Waals surface area contributed by atoms with Crippen LogP contribution in [0.15, 0.2) is 39.2 Å². The lowest BCUT2D eigenvalue weighted by molar-refractivity contribution is 0.411. The molecule has 0 aliphatic heterocycles. The number of methoxy groups -OCH3 is 1. The van der Waals surface area contributed by atoms with Gasteiger partial charge in [0.15, 0.2) is 0 Å². The van der Waals surface area contributed by atoms with Crippen molar-refractivity contribution in [3.8, 4) is 5.75 Å². The Balaban J connectivity index is 1.97. The third-order valence-electron chi connectivity index (χ3n) is 3.32. The van der Waals surface area contributed by atoms with Gasteiger partial charge in [-0.1, -0.05) is 13.0 Å². The Kier molecular flexibility index (Phi) is 5.26. The van der Waals surface area contributed by atoms with Crippen molar-refractivity contribution in [1.82, 2.24) is 5.32 Å². The monoisotopic (exact) mass is 337 g/mol. The Labute approximate surface area is 128 Å². The topological polar surface area (TPSA) is 34.4 Å². The highest BCUT2D eigenvalue weighted by molar-refractivity contribution is 9.10. The predicted octanol–water partition coefficient (Wildman–Crippen LogP) is 4.46. The fourth-order valence-electron chi connectivity index (χ4n) is 2.03. The number of furan rings is 1. The molecule has 108 valence electrons. The molecule has 1 heterocycles. The lowest BCUT2D eigenvalue weighted by atomic mass is 10.1. The summed E-state index contributed by atoms with van der Waals surface area (Å²) in [5, 5.41) is 3.46. The first-order chi connectivity index (χ1) is 9.63. The summed E-state index contributed by atoms with van der Waals surface area (Å²) >= 11 is 3.51. The van der Waals surface area contributed by atoms with Gasteiger partial charge < -0.3 is 14.5 Å². The number of benzene rings is 1. The first kappa shape index (κ1) is 15.1. The number of nitrogens with one attached hydrogen (secondary N) is 1. The zero-order chi connectivity index (χ0) is 14.5. The van der Waals surface area contributed by atoms with Crippen molar-refractivity contribution in [2.24, 2.45) is 0 Å². The Morgan fingerprint density at radius 1 is 1.25 bits per heavy atom. The third kappa shape index (κ3) is 3.64. The van der Waals surface area contributed by atoms with Crippen LogP contribution in [-0.4, -0.2) is 7.11 Å². The van der Waals surface area contributed by atoms with Crippen LogP contribution in [-0.2, 0) is 13.0 Å². The minimum Gasteiger partial charge on any atom is -0.496 e. The molecule has 4 heteroatoms. The first-order valence-corrected chi connectivity index (χ1v) is 7.57. The van der Waals surface area contributed by atoms with Crippen LogP contribution in [0.3, 0.4) is 0 Å². The number of hydrogen-bond acceptors (Lipinski definition) is 3. The number of halogens is 1. The highest BCUT2D eigenvalue weighted by Crippen LogP contribution is 2.28. The van der Waals surface area contributed by atoms with Gasteiger partial charge in [0.05, 0.1) is 18.1 Å². The zero-order valence-electron chi connectivity index (χ0n) is 12.1.